The van der Waals surface area contributed by atoms with Gasteiger partial charge in [0.05, 0.1) is 0 Å². The molecule has 0 bridgehead atoms. The highest BCUT2D eigenvalue weighted by Crippen LogP contribution is 2.26. The van der Waals surface area contributed by atoms with Crippen LogP contribution < -0.4 is 5.32 Å². The van der Waals surface area contributed by atoms with Crippen LogP contribution in [-0.4, -0.2) is 17.7 Å². The van der Waals surface area contributed by atoms with Crippen LogP contribution in [0.3, 0.4) is 0 Å². The molecule has 98 valence electrons. The van der Waals surface area contributed by atoms with Crippen molar-refractivity contribution in [2.24, 2.45) is 7.05 Å². The molecular weight excluding hydrogens is 220 g/mol. The van der Waals surface area contributed by atoms with Gasteiger partial charge in [0.25, 0.3) is 0 Å². The molecule has 1 aromatic carbocycles. The number of aryl methyl sites for hydroxylation is 4. The largest absolute Gasteiger partial charge is 0.350 e. The molecule has 0 unspecified atom stereocenters. The molecule has 0 aliphatic rings. The highest BCUT2D eigenvalue weighted by Gasteiger charge is 2.09. The third kappa shape index (κ3) is 2.59. The summed E-state index contributed by atoms with van der Waals surface area (Å²) in [6, 6.07) is 4.58. The first-order valence-electron chi connectivity index (χ1n) is 6.89. The lowest BCUT2D eigenvalue weighted by Gasteiger charge is -2.04. The number of aromatic nitrogens is 1. The van der Waals surface area contributed by atoms with E-state index < -0.39 is 0 Å². The van der Waals surface area contributed by atoms with Crippen LogP contribution in [-0.2, 0) is 13.5 Å². The quantitative estimate of drug-likeness (QED) is 0.798. The normalized spacial score (nSPS) is 11.3. The predicted octanol–water partition coefficient (Wildman–Crippen LogP) is 3.34. The average molecular weight is 244 g/mol. The van der Waals surface area contributed by atoms with E-state index in [2.05, 4.69) is 56.0 Å². The van der Waals surface area contributed by atoms with Crippen LogP contribution in [0.5, 0.6) is 0 Å². The van der Waals surface area contributed by atoms with E-state index in [1.54, 1.807) is 0 Å². The molecule has 0 spiro atoms. The summed E-state index contributed by atoms with van der Waals surface area (Å²) >= 11 is 0. The highest BCUT2D eigenvalue weighted by molar-refractivity contribution is 5.87. The van der Waals surface area contributed by atoms with Crippen LogP contribution in [0.1, 0.15) is 30.0 Å². The first-order chi connectivity index (χ1) is 8.63. The summed E-state index contributed by atoms with van der Waals surface area (Å²) in [7, 11) is 2.15. The Kier molecular flexibility index (Phi) is 4.07. The van der Waals surface area contributed by atoms with Crippen LogP contribution in [0, 0.1) is 13.8 Å². The van der Waals surface area contributed by atoms with Gasteiger partial charge in [0, 0.05) is 24.1 Å². The molecule has 1 N–H and O–H groups in total. The lowest BCUT2D eigenvalue weighted by molar-refractivity contribution is 0.673. The fraction of sp³-hybridized carbons (Fsp3) is 0.500. The molecule has 2 aromatic rings. The molecule has 1 aromatic heterocycles. The summed E-state index contributed by atoms with van der Waals surface area (Å²) in [5, 5.41) is 4.85. The Morgan fingerprint density at radius 1 is 1.22 bits per heavy atom. The SMILES string of the molecule is CCNCCCc1cn(C)c2cc(C)cc(C)c12. The van der Waals surface area contributed by atoms with Gasteiger partial charge in [-0.2, -0.15) is 0 Å². The molecule has 2 rings (SSSR count). The second kappa shape index (κ2) is 5.57. The van der Waals surface area contributed by atoms with Crippen molar-refractivity contribution in [2.75, 3.05) is 13.1 Å². The molecule has 2 heteroatoms. The number of hydrogen-bond donors (Lipinski definition) is 1. The fourth-order valence-electron chi connectivity index (χ4n) is 2.78. The molecule has 0 radical (unpaired) electrons. The maximum absolute atomic E-state index is 3.39. The van der Waals surface area contributed by atoms with E-state index in [1.807, 2.05) is 0 Å². The third-order valence-electron chi connectivity index (χ3n) is 3.56. The summed E-state index contributed by atoms with van der Waals surface area (Å²) in [6.07, 6.45) is 4.66. The molecule has 0 atom stereocenters. The van der Waals surface area contributed by atoms with Crippen molar-refractivity contribution < 1.29 is 0 Å². The predicted molar refractivity (Wildman–Crippen MR) is 79.3 cm³/mol. The number of fused-ring (bicyclic) bond motifs is 1. The standard InChI is InChI=1S/C16H24N2/c1-5-17-8-6-7-14-11-18(4)15-10-12(2)9-13(3)16(14)15/h9-11,17H,5-8H2,1-4H3. The van der Waals surface area contributed by atoms with Crippen molar-refractivity contribution in [2.45, 2.75) is 33.6 Å². The van der Waals surface area contributed by atoms with E-state index in [0.717, 1.165) is 19.5 Å². The van der Waals surface area contributed by atoms with E-state index in [9.17, 15) is 0 Å². The lowest BCUT2D eigenvalue weighted by Crippen LogP contribution is -2.14. The summed E-state index contributed by atoms with van der Waals surface area (Å²) in [4.78, 5) is 0. The molecule has 0 aliphatic heterocycles. The monoisotopic (exact) mass is 244 g/mol. The van der Waals surface area contributed by atoms with E-state index in [4.69, 9.17) is 0 Å². The zero-order valence-corrected chi connectivity index (χ0v) is 12.0. The van der Waals surface area contributed by atoms with Gasteiger partial charge < -0.3 is 9.88 Å². The molecule has 2 nitrogen and oxygen atoms in total. The number of nitrogens with zero attached hydrogens (tertiary/aromatic N) is 1. The van der Waals surface area contributed by atoms with Crippen molar-refractivity contribution in [1.82, 2.24) is 9.88 Å². The Hall–Kier alpha value is -1.28. The van der Waals surface area contributed by atoms with E-state index >= 15 is 0 Å². The van der Waals surface area contributed by atoms with Gasteiger partial charge in [-0.1, -0.05) is 13.0 Å². The number of nitrogens with one attached hydrogen (secondary N) is 1. The maximum Gasteiger partial charge on any atom is 0.0485 e. The smallest absolute Gasteiger partial charge is 0.0485 e. The van der Waals surface area contributed by atoms with Crippen LogP contribution in [0.2, 0.25) is 0 Å². The zero-order chi connectivity index (χ0) is 13.1. The van der Waals surface area contributed by atoms with E-state index in [0.29, 0.717) is 0 Å². The molecule has 0 saturated heterocycles. The van der Waals surface area contributed by atoms with Gasteiger partial charge in [0.1, 0.15) is 0 Å². The van der Waals surface area contributed by atoms with Crippen molar-refractivity contribution >= 4 is 10.9 Å². The lowest BCUT2D eigenvalue weighted by atomic mass is 10.0. The van der Waals surface area contributed by atoms with Gasteiger partial charge in [0.2, 0.25) is 0 Å². The van der Waals surface area contributed by atoms with Crippen molar-refractivity contribution in [3.05, 3.63) is 35.0 Å². The van der Waals surface area contributed by atoms with Gasteiger partial charge in [0.15, 0.2) is 0 Å². The number of hydrogen-bond acceptors (Lipinski definition) is 1. The summed E-state index contributed by atoms with van der Waals surface area (Å²) < 4.78 is 2.26. The van der Waals surface area contributed by atoms with E-state index in [-0.39, 0.29) is 0 Å². The maximum atomic E-state index is 3.39. The van der Waals surface area contributed by atoms with Crippen LogP contribution in [0.4, 0.5) is 0 Å². The second-order valence-corrected chi connectivity index (χ2v) is 5.20. The van der Waals surface area contributed by atoms with Gasteiger partial charge in [-0.05, 0) is 62.5 Å². The minimum atomic E-state index is 1.06. The Balaban J connectivity index is 2.28. The van der Waals surface area contributed by atoms with Gasteiger partial charge in [-0.3, -0.25) is 0 Å². The molecule has 18 heavy (non-hydrogen) atoms. The summed E-state index contributed by atoms with van der Waals surface area (Å²) in [5.74, 6) is 0. The van der Waals surface area contributed by atoms with Gasteiger partial charge >= 0.3 is 0 Å². The van der Waals surface area contributed by atoms with Crippen LogP contribution >= 0.6 is 0 Å². The summed E-state index contributed by atoms with van der Waals surface area (Å²) in [6.45, 7) is 8.73. The first kappa shape index (κ1) is 13.2. The fourth-order valence-corrected chi connectivity index (χ4v) is 2.78. The minimum absolute atomic E-state index is 1.06. The highest BCUT2D eigenvalue weighted by atomic mass is 14.9. The number of rotatable bonds is 5. The van der Waals surface area contributed by atoms with Crippen molar-refractivity contribution in [1.29, 1.82) is 0 Å². The molecule has 0 aliphatic carbocycles. The van der Waals surface area contributed by atoms with Crippen molar-refractivity contribution in [3.8, 4) is 0 Å². The Morgan fingerprint density at radius 2 is 2.00 bits per heavy atom. The minimum Gasteiger partial charge on any atom is -0.350 e. The second-order valence-electron chi connectivity index (χ2n) is 5.20. The molecule has 0 amide bonds. The Morgan fingerprint density at radius 3 is 2.72 bits per heavy atom. The van der Waals surface area contributed by atoms with Gasteiger partial charge in [-0.25, -0.2) is 0 Å². The molecular formula is C16H24N2. The topological polar surface area (TPSA) is 17.0 Å². The van der Waals surface area contributed by atoms with Crippen molar-refractivity contribution in [3.63, 3.8) is 0 Å². The Bertz CT molecular complexity index is 538. The molecule has 1 heterocycles. The number of benzene rings is 1. The molecule has 0 saturated carbocycles. The summed E-state index contributed by atoms with van der Waals surface area (Å²) in [5.41, 5.74) is 5.61. The van der Waals surface area contributed by atoms with Gasteiger partial charge in [-0.15, -0.1) is 0 Å². The van der Waals surface area contributed by atoms with Crippen LogP contribution in [0.15, 0.2) is 18.3 Å². The third-order valence-corrected chi connectivity index (χ3v) is 3.56. The zero-order valence-electron chi connectivity index (χ0n) is 12.0. The van der Waals surface area contributed by atoms with E-state index in [1.165, 1.54) is 34.0 Å². The molecule has 0 fully saturated rings. The van der Waals surface area contributed by atoms with Crippen LogP contribution in [0.25, 0.3) is 10.9 Å². The Labute approximate surface area is 110 Å². The first-order valence-corrected chi connectivity index (χ1v) is 6.89. The average Bonchev–Trinajstić information content (AvgIpc) is 2.62.